The maximum Gasteiger partial charge on any atom is 0.306 e. The van der Waals surface area contributed by atoms with E-state index in [0.29, 0.717) is 17.4 Å². The minimum Gasteiger partial charge on any atom is -0.545 e. The summed E-state index contributed by atoms with van der Waals surface area (Å²) >= 11 is 0. The van der Waals surface area contributed by atoms with Gasteiger partial charge >= 0.3 is 11.9 Å². The van der Waals surface area contributed by atoms with Crippen molar-refractivity contribution in [3.8, 4) is 0 Å². The summed E-state index contributed by atoms with van der Waals surface area (Å²) in [5, 5.41) is 11.8. The van der Waals surface area contributed by atoms with Crippen molar-refractivity contribution in [1.29, 1.82) is 0 Å². The first kappa shape index (κ1) is 83.9. The van der Waals surface area contributed by atoms with E-state index in [2.05, 4.69) is 172 Å². The molecule has 0 aromatic carbocycles. The normalized spacial score (nSPS) is 13.7. The average molecular weight is 1230 g/mol. The van der Waals surface area contributed by atoms with E-state index in [1.54, 1.807) is 0 Å². The van der Waals surface area contributed by atoms with Gasteiger partial charge in [-0.3, -0.25) is 9.59 Å². The van der Waals surface area contributed by atoms with Crippen LogP contribution in [0.3, 0.4) is 0 Å². The van der Waals surface area contributed by atoms with Crippen LogP contribution in [0.2, 0.25) is 0 Å². The van der Waals surface area contributed by atoms with E-state index in [-0.39, 0.29) is 38.6 Å². The molecule has 0 heterocycles. The van der Waals surface area contributed by atoms with Crippen LogP contribution in [0.5, 0.6) is 0 Å². The lowest BCUT2D eigenvalue weighted by molar-refractivity contribution is -0.870. The molecule has 0 saturated heterocycles. The van der Waals surface area contributed by atoms with E-state index in [9.17, 15) is 19.5 Å². The van der Waals surface area contributed by atoms with Crippen LogP contribution in [0, 0.1) is 0 Å². The van der Waals surface area contributed by atoms with Gasteiger partial charge in [0.15, 0.2) is 12.4 Å². The lowest BCUT2D eigenvalue weighted by Crippen LogP contribution is -2.44. The third kappa shape index (κ3) is 70.2. The number of unbranched alkanes of at least 4 members (excludes halogenated alkanes) is 23. The molecule has 0 aliphatic heterocycles. The van der Waals surface area contributed by atoms with Crippen LogP contribution in [0.1, 0.15) is 271 Å². The average Bonchev–Trinajstić information content (AvgIpc) is 3.64. The zero-order valence-corrected chi connectivity index (χ0v) is 57.5. The molecular formula is C80H131NO8. The van der Waals surface area contributed by atoms with Crippen LogP contribution in [0.25, 0.3) is 0 Å². The van der Waals surface area contributed by atoms with Crippen LogP contribution >= 0.6 is 0 Å². The zero-order valence-electron chi connectivity index (χ0n) is 57.5. The van der Waals surface area contributed by atoms with Gasteiger partial charge in [-0.2, -0.15) is 0 Å². The summed E-state index contributed by atoms with van der Waals surface area (Å²) < 4.78 is 22.8. The Morgan fingerprint density at radius 2 is 0.607 bits per heavy atom. The zero-order chi connectivity index (χ0) is 64.7. The fourth-order valence-electron chi connectivity index (χ4n) is 9.40. The second kappa shape index (κ2) is 68.8. The van der Waals surface area contributed by atoms with Gasteiger partial charge in [-0.1, -0.05) is 294 Å². The number of hydrogen-bond acceptors (Lipinski definition) is 8. The predicted molar refractivity (Wildman–Crippen MR) is 379 cm³/mol. The number of rotatable bonds is 64. The van der Waals surface area contributed by atoms with Gasteiger partial charge in [0.1, 0.15) is 13.2 Å². The number of carboxylic acids is 1. The number of hydrogen-bond donors (Lipinski definition) is 0. The summed E-state index contributed by atoms with van der Waals surface area (Å²) in [6, 6.07) is 0. The Hall–Kier alpha value is -5.09. The van der Waals surface area contributed by atoms with Crippen molar-refractivity contribution in [2.24, 2.45) is 0 Å². The molecule has 89 heavy (non-hydrogen) atoms. The van der Waals surface area contributed by atoms with Crippen molar-refractivity contribution < 1.29 is 42.9 Å². The van der Waals surface area contributed by atoms with E-state index in [4.69, 9.17) is 18.9 Å². The Morgan fingerprint density at radius 1 is 0.337 bits per heavy atom. The van der Waals surface area contributed by atoms with Crippen LogP contribution < -0.4 is 5.11 Å². The Bertz CT molecular complexity index is 2020. The van der Waals surface area contributed by atoms with Gasteiger partial charge in [0, 0.05) is 12.8 Å². The van der Waals surface area contributed by atoms with Crippen molar-refractivity contribution in [2.45, 2.75) is 283 Å². The van der Waals surface area contributed by atoms with Crippen molar-refractivity contribution in [1.82, 2.24) is 0 Å². The minimum absolute atomic E-state index is 0.140. The summed E-state index contributed by atoms with van der Waals surface area (Å²) in [4.78, 5) is 37.5. The lowest BCUT2D eigenvalue weighted by Gasteiger charge is -2.26. The molecule has 0 aromatic rings. The highest BCUT2D eigenvalue weighted by molar-refractivity contribution is 5.70. The molecule has 0 radical (unpaired) electrons. The SMILES string of the molecule is CC/C=C\C/C=C\C/C=C\C/C=C\C/C=C\C/C=C\C/C=C\C/C=C\C/C=C\CCCCCCCCCCCCCC(=O)OC(COC(=O)CCCCCCCCCCCCCC/C=C\C/C=C\C/C=C\C/C=C\CC)COC(OCC[N+](C)(C)C)C(=O)[O-]. The van der Waals surface area contributed by atoms with Crippen molar-refractivity contribution in [3.63, 3.8) is 0 Å². The minimum atomic E-state index is -1.63. The summed E-state index contributed by atoms with van der Waals surface area (Å²) in [5.41, 5.74) is 0. The summed E-state index contributed by atoms with van der Waals surface area (Å²) in [7, 11) is 5.92. The maximum absolute atomic E-state index is 12.9. The standard InChI is InChI=1S/C80H131NO8/c1-6-8-10-12-14-16-18-20-22-24-26-28-30-32-33-34-35-36-37-38-39-40-41-42-43-44-45-47-49-51-53-55-57-59-61-63-65-67-69-71-78(83)89-76(75-88-80(79(84)85)86-73-72-81(3,4)5)74-87-77(82)70-68-66-64-62-60-58-56-54-52-50-48-46-31-29-27-25-23-21-19-17-15-13-11-9-7-2/h8-11,14-17,20-23,26-29,32-33,35-36,38-39,41-42,44-45,76,80H,6-7,12-13,18-19,24-25,30-31,34,37,40,43,46-75H2,1-5H3/b10-8-,11-9-,16-14-,17-15-,22-20-,23-21-,28-26-,29-27-,33-32-,36-35-,39-38-,42-41-,45-44-. The van der Waals surface area contributed by atoms with Gasteiger partial charge < -0.3 is 33.3 Å². The molecule has 2 unspecified atom stereocenters. The second-order valence-electron chi connectivity index (χ2n) is 24.4. The van der Waals surface area contributed by atoms with E-state index < -0.39 is 24.3 Å². The fraction of sp³-hybridized carbons (Fsp3) is 0.637. The number of carboxylic acid groups (broad SMARTS) is 1. The molecule has 9 nitrogen and oxygen atoms in total. The number of quaternary nitrogens is 1. The second-order valence-corrected chi connectivity index (χ2v) is 24.4. The van der Waals surface area contributed by atoms with Crippen LogP contribution in [0.4, 0.5) is 0 Å². The summed E-state index contributed by atoms with van der Waals surface area (Å²) in [6.45, 7) is 4.52. The highest BCUT2D eigenvalue weighted by atomic mass is 16.7. The van der Waals surface area contributed by atoms with Crippen LogP contribution in [-0.4, -0.2) is 82.3 Å². The van der Waals surface area contributed by atoms with Crippen molar-refractivity contribution in [2.75, 3.05) is 47.5 Å². The van der Waals surface area contributed by atoms with Gasteiger partial charge in [-0.25, -0.2) is 0 Å². The first-order chi connectivity index (χ1) is 43.6. The Labute approximate surface area is 546 Å². The number of esters is 2. The molecule has 9 heteroatoms. The van der Waals surface area contributed by atoms with Crippen LogP contribution in [-0.2, 0) is 33.3 Å². The number of aliphatic carboxylic acids is 1. The lowest BCUT2D eigenvalue weighted by atomic mass is 10.0. The van der Waals surface area contributed by atoms with Gasteiger partial charge in [0.25, 0.3) is 0 Å². The molecule has 0 amide bonds. The predicted octanol–water partition coefficient (Wildman–Crippen LogP) is 21.1. The Morgan fingerprint density at radius 3 is 0.899 bits per heavy atom. The highest BCUT2D eigenvalue weighted by Crippen LogP contribution is 2.16. The topological polar surface area (TPSA) is 111 Å². The molecule has 0 aromatic heterocycles. The molecule has 0 spiro atoms. The molecule has 0 fully saturated rings. The number of ether oxygens (including phenoxy) is 4. The number of allylic oxidation sites excluding steroid dienone is 26. The number of carbonyl (C=O) groups is 3. The molecule has 0 rings (SSSR count). The molecule has 0 saturated carbocycles. The van der Waals surface area contributed by atoms with E-state index in [1.165, 1.54) is 109 Å². The molecule has 0 N–H and O–H groups in total. The highest BCUT2D eigenvalue weighted by Gasteiger charge is 2.22. The Balaban J connectivity index is 4.15. The van der Waals surface area contributed by atoms with E-state index in [1.807, 2.05) is 21.1 Å². The first-order valence-electron chi connectivity index (χ1n) is 35.6. The molecule has 0 aliphatic carbocycles. The maximum atomic E-state index is 12.9. The summed E-state index contributed by atoms with van der Waals surface area (Å²) in [5.74, 6) is -2.30. The smallest absolute Gasteiger partial charge is 0.306 e. The number of nitrogens with zero attached hydrogens (tertiary/aromatic N) is 1. The van der Waals surface area contributed by atoms with Crippen molar-refractivity contribution >= 4 is 17.9 Å². The molecular weight excluding hydrogens is 1100 g/mol. The van der Waals surface area contributed by atoms with Gasteiger partial charge in [0.2, 0.25) is 0 Å². The fourth-order valence-corrected chi connectivity index (χ4v) is 9.40. The van der Waals surface area contributed by atoms with E-state index >= 15 is 0 Å². The molecule has 2 atom stereocenters. The third-order valence-electron chi connectivity index (χ3n) is 14.8. The molecule has 0 aliphatic rings. The quantitative estimate of drug-likeness (QED) is 0.0195. The number of carbonyl (C=O) groups excluding carboxylic acids is 3. The Kier molecular flexibility index (Phi) is 64.9. The van der Waals surface area contributed by atoms with Gasteiger partial charge in [0.05, 0.1) is 40.3 Å². The third-order valence-corrected chi connectivity index (χ3v) is 14.8. The van der Waals surface area contributed by atoms with Crippen LogP contribution in [0.15, 0.2) is 158 Å². The van der Waals surface area contributed by atoms with E-state index in [0.717, 1.165) is 128 Å². The van der Waals surface area contributed by atoms with Gasteiger partial charge in [-0.15, -0.1) is 0 Å². The summed E-state index contributed by atoms with van der Waals surface area (Å²) in [6.07, 6.45) is 98.9. The largest absolute Gasteiger partial charge is 0.545 e. The molecule has 0 bridgehead atoms. The van der Waals surface area contributed by atoms with Crippen molar-refractivity contribution in [3.05, 3.63) is 158 Å². The first-order valence-corrected chi connectivity index (χ1v) is 35.6. The monoisotopic (exact) mass is 1230 g/mol. The number of likely N-dealkylation sites (N-methyl/N-ethyl adjacent to an activating group) is 1. The van der Waals surface area contributed by atoms with Gasteiger partial charge in [-0.05, 0) is 122 Å². The molecule has 504 valence electrons.